The van der Waals surface area contributed by atoms with Crippen LogP contribution in [0.25, 0.3) is 10.8 Å². The van der Waals surface area contributed by atoms with Crippen molar-refractivity contribution < 1.29 is 23.0 Å². The maximum absolute atomic E-state index is 14.6. The van der Waals surface area contributed by atoms with E-state index in [0.717, 1.165) is 22.3 Å². The highest BCUT2D eigenvalue weighted by atomic mass is 35.5. The highest BCUT2D eigenvalue weighted by molar-refractivity contribution is 6.36. The summed E-state index contributed by atoms with van der Waals surface area (Å²) in [6.45, 7) is 5.92. The Bertz CT molecular complexity index is 1680. The summed E-state index contributed by atoms with van der Waals surface area (Å²) in [5, 5.41) is 11.1. The number of likely N-dealkylation sites (N-methyl/N-ethyl adjacent to an activating group) is 1. The number of ether oxygens (including phenoxy) is 2. The van der Waals surface area contributed by atoms with Gasteiger partial charge in [0.25, 0.3) is 5.91 Å². The highest BCUT2D eigenvalue weighted by Crippen LogP contribution is 2.38. The number of nitrogens with zero attached hydrogens (tertiary/aromatic N) is 7. The van der Waals surface area contributed by atoms with Gasteiger partial charge in [0.2, 0.25) is 0 Å². The molecule has 3 aliphatic heterocycles. The first-order valence-corrected chi connectivity index (χ1v) is 15.2. The van der Waals surface area contributed by atoms with Gasteiger partial charge in [0.05, 0.1) is 55.0 Å². The third kappa shape index (κ3) is 6.00. The number of piperazine rings is 1. The fourth-order valence-corrected chi connectivity index (χ4v) is 6.74. The Kier molecular flexibility index (Phi) is 8.77. The van der Waals surface area contributed by atoms with Gasteiger partial charge in [-0.25, -0.2) is 8.78 Å². The van der Waals surface area contributed by atoms with Crippen molar-refractivity contribution in [3.05, 3.63) is 64.8 Å². The molecule has 3 aliphatic rings. The number of anilines is 2. The molecule has 0 bridgehead atoms. The molecule has 1 unspecified atom stereocenters. The molecule has 4 heterocycles. The molecule has 0 radical (unpaired) electrons. The van der Waals surface area contributed by atoms with Crippen LogP contribution in [0.5, 0.6) is 6.01 Å². The van der Waals surface area contributed by atoms with E-state index in [4.69, 9.17) is 31.0 Å². The summed E-state index contributed by atoms with van der Waals surface area (Å²) in [6, 6.07) is 10.6. The predicted octanol–water partition coefficient (Wildman–Crippen LogP) is 4.11. The second-order valence-corrected chi connectivity index (χ2v) is 12.1. The maximum atomic E-state index is 14.6. The normalized spacial score (nSPS) is 21.6. The van der Waals surface area contributed by atoms with Gasteiger partial charge in [-0.2, -0.15) is 15.2 Å². The minimum Gasteiger partial charge on any atom is -0.456 e. The molecule has 10 nitrogen and oxygen atoms in total. The summed E-state index contributed by atoms with van der Waals surface area (Å²) in [5.74, 6) is -1.68. The van der Waals surface area contributed by atoms with Gasteiger partial charge in [-0.15, -0.1) is 0 Å². The van der Waals surface area contributed by atoms with Crippen LogP contribution in [0, 0.1) is 17.1 Å². The van der Waals surface area contributed by atoms with Crippen LogP contribution < -0.4 is 14.5 Å². The first-order valence-electron chi connectivity index (χ1n) is 14.9. The molecule has 3 aromatic rings. The van der Waals surface area contributed by atoms with Gasteiger partial charge >= 0.3 is 6.01 Å². The molecule has 13 heteroatoms. The van der Waals surface area contributed by atoms with Crippen molar-refractivity contribution in [3.63, 3.8) is 0 Å². The Hall–Kier alpha value is -4.05. The average Bonchev–Trinajstić information content (AvgIpc) is 3.50. The predicted molar refractivity (Wildman–Crippen MR) is 167 cm³/mol. The third-order valence-corrected chi connectivity index (χ3v) is 9.17. The molecule has 2 aromatic carbocycles. The van der Waals surface area contributed by atoms with Crippen LogP contribution in [0.4, 0.5) is 20.3 Å². The van der Waals surface area contributed by atoms with Gasteiger partial charge in [-0.05, 0) is 38.0 Å². The Labute approximate surface area is 265 Å². The van der Waals surface area contributed by atoms with Gasteiger partial charge in [-0.1, -0.05) is 36.4 Å². The summed E-state index contributed by atoms with van der Waals surface area (Å²) in [6.07, 6.45) is 0.314. The van der Waals surface area contributed by atoms with Crippen LogP contribution in [0.15, 0.2) is 42.7 Å². The number of rotatable bonds is 7. The number of carbonyl (C=O) groups is 1. The lowest BCUT2D eigenvalue weighted by molar-refractivity contribution is -0.131. The number of aromatic nitrogens is 2. The zero-order valence-electron chi connectivity index (χ0n) is 25.2. The summed E-state index contributed by atoms with van der Waals surface area (Å²) >= 11 is 6.48. The standard InChI is InChI=1S/C32H34ClF2N7O3/c1-19(34)31(43)42-14-13-41(15-21(42)9-11-36)30-22-10-12-40(25-6-4-5-20-7-8-23(35)29(33)28(20)25)16-24(22)37-32(38-30)45-27-18-44-17-26(27)39(2)3/h4-8,21,26-27H,1,9-10,12-18H2,2-3H3/t21?,26-,27-/m1/s1. The molecule has 0 aliphatic carbocycles. The summed E-state index contributed by atoms with van der Waals surface area (Å²) in [4.78, 5) is 29.9. The molecule has 1 amide bonds. The lowest BCUT2D eigenvalue weighted by Crippen LogP contribution is -2.55. The molecule has 2 saturated heterocycles. The third-order valence-electron chi connectivity index (χ3n) is 8.80. The molecule has 236 valence electrons. The van der Waals surface area contributed by atoms with Crippen LogP contribution in [-0.4, -0.2) is 97.4 Å². The van der Waals surface area contributed by atoms with E-state index >= 15 is 0 Å². The number of hydrogen-bond acceptors (Lipinski definition) is 9. The molecule has 45 heavy (non-hydrogen) atoms. The zero-order valence-corrected chi connectivity index (χ0v) is 25.9. The van der Waals surface area contributed by atoms with Crippen molar-refractivity contribution in [3.8, 4) is 12.1 Å². The summed E-state index contributed by atoms with van der Waals surface area (Å²) in [7, 11) is 3.93. The quantitative estimate of drug-likeness (QED) is 0.355. The topological polar surface area (TPSA) is 98.1 Å². The van der Waals surface area contributed by atoms with Gasteiger partial charge < -0.3 is 29.1 Å². The second kappa shape index (κ2) is 12.7. The first-order chi connectivity index (χ1) is 21.7. The Morgan fingerprint density at radius 3 is 2.78 bits per heavy atom. The first kappa shape index (κ1) is 31.0. The van der Waals surface area contributed by atoms with Gasteiger partial charge in [0, 0.05) is 42.8 Å². The molecule has 2 fully saturated rings. The molecule has 0 N–H and O–H groups in total. The van der Waals surface area contributed by atoms with E-state index in [1.54, 1.807) is 6.07 Å². The number of hydrogen-bond donors (Lipinski definition) is 0. The lowest BCUT2D eigenvalue weighted by atomic mass is 10.0. The summed E-state index contributed by atoms with van der Waals surface area (Å²) < 4.78 is 40.5. The van der Waals surface area contributed by atoms with Crippen LogP contribution in [-0.2, 0) is 22.5 Å². The highest BCUT2D eigenvalue weighted by Gasteiger charge is 2.36. The Morgan fingerprint density at radius 2 is 2.02 bits per heavy atom. The fourth-order valence-electron chi connectivity index (χ4n) is 6.47. The number of nitriles is 1. The number of benzene rings is 2. The number of amides is 1. The van der Waals surface area contributed by atoms with E-state index in [-0.39, 0.29) is 42.7 Å². The van der Waals surface area contributed by atoms with E-state index < -0.39 is 23.6 Å². The van der Waals surface area contributed by atoms with Crippen LogP contribution in [0.2, 0.25) is 5.02 Å². The minimum absolute atomic E-state index is 0.0145. The average molecular weight is 638 g/mol. The molecular weight excluding hydrogens is 604 g/mol. The largest absolute Gasteiger partial charge is 0.456 e. The number of carbonyl (C=O) groups excluding carboxylic acids is 1. The van der Waals surface area contributed by atoms with Crippen molar-refractivity contribution in [1.29, 1.82) is 5.26 Å². The van der Waals surface area contributed by atoms with Crippen molar-refractivity contribution in [1.82, 2.24) is 19.8 Å². The van der Waals surface area contributed by atoms with Gasteiger partial charge in [0.1, 0.15) is 17.7 Å². The maximum Gasteiger partial charge on any atom is 0.319 e. The molecular formula is C32H34ClF2N7O3. The smallest absolute Gasteiger partial charge is 0.319 e. The van der Waals surface area contributed by atoms with E-state index in [2.05, 4.69) is 17.5 Å². The Morgan fingerprint density at radius 1 is 1.20 bits per heavy atom. The second-order valence-electron chi connectivity index (χ2n) is 11.8. The van der Waals surface area contributed by atoms with E-state index in [1.165, 1.54) is 11.0 Å². The SMILES string of the molecule is C=C(F)C(=O)N1CCN(c2nc(O[C@@H]3COC[C@H]3N(C)C)nc3c2CCN(c2cccc4ccc(F)c(Cl)c24)C3)CC1CC#N. The number of fused-ring (bicyclic) bond motifs is 2. The monoisotopic (exact) mass is 637 g/mol. The molecule has 6 rings (SSSR count). The van der Waals surface area contributed by atoms with Crippen molar-refractivity contribution in [2.45, 2.75) is 37.6 Å². The fraction of sp³-hybridized carbons (Fsp3) is 0.438. The van der Waals surface area contributed by atoms with Gasteiger partial charge in [0.15, 0.2) is 5.83 Å². The van der Waals surface area contributed by atoms with E-state index in [9.17, 15) is 18.8 Å². The minimum atomic E-state index is -1.05. The van der Waals surface area contributed by atoms with Gasteiger partial charge in [-0.3, -0.25) is 4.79 Å². The molecule has 0 saturated carbocycles. The molecule has 1 aromatic heterocycles. The van der Waals surface area contributed by atoms with Crippen LogP contribution in [0.3, 0.4) is 0 Å². The van der Waals surface area contributed by atoms with Crippen LogP contribution in [0.1, 0.15) is 17.7 Å². The Balaban J connectivity index is 1.38. The summed E-state index contributed by atoms with van der Waals surface area (Å²) in [5.41, 5.74) is 2.47. The van der Waals surface area contributed by atoms with Crippen molar-refractivity contribution in [2.75, 3.05) is 63.3 Å². The molecule has 0 spiro atoms. The van der Waals surface area contributed by atoms with Crippen LogP contribution >= 0.6 is 11.6 Å². The molecule has 3 atom stereocenters. The van der Waals surface area contributed by atoms with E-state index in [1.807, 2.05) is 42.1 Å². The van der Waals surface area contributed by atoms with Crippen molar-refractivity contribution >= 4 is 39.8 Å². The lowest BCUT2D eigenvalue weighted by Gasteiger charge is -2.42. The zero-order chi connectivity index (χ0) is 31.8. The number of halogens is 3. The van der Waals surface area contributed by atoms with E-state index in [0.29, 0.717) is 50.5 Å². The van der Waals surface area contributed by atoms with Crippen molar-refractivity contribution in [2.24, 2.45) is 0 Å².